The molecule has 0 N–H and O–H groups in total. The molecule has 0 aromatic heterocycles. The van der Waals surface area contributed by atoms with Crippen LogP contribution in [0.25, 0.3) is 0 Å². The molecule has 1 heterocycles. The summed E-state index contributed by atoms with van der Waals surface area (Å²) < 4.78 is 67.9. The van der Waals surface area contributed by atoms with Crippen LogP contribution in [0, 0.1) is 5.41 Å². The smallest absolute Gasteiger partial charge is 0.339 e. The number of halogens is 4. The van der Waals surface area contributed by atoms with E-state index in [0.717, 1.165) is 12.8 Å². The molecular weight excluding hydrogens is 276 g/mol. The Bertz CT molecular complexity index is 383. The van der Waals surface area contributed by atoms with Crippen LogP contribution in [-0.4, -0.2) is 30.3 Å². The molecular formula is C14H20F4O2. The molecule has 2 nitrogen and oxygen atoms in total. The number of hydrogen-bond donors (Lipinski definition) is 0. The summed E-state index contributed by atoms with van der Waals surface area (Å²) in [5.74, 6) is -8.16. The lowest BCUT2D eigenvalue weighted by Gasteiger charge is -2.60. The zero-order valence-corrected chi connectivity index (χ0v) is 11.6. The van der Waals surface area contributed by atoms with Gasteiger partial charge in [-0.1, -0.05) is 6.92 Å². The number of alkyl halides is 4. The van der Waals surface area contributed by atoms with E-state index < -0.39 is 29.2 Å². The molecule has 0 radical (unpaired) electrons. The van der Waals surface area contributed by atoms with Crippen LogP contribution in [0.1, 0.15) is 51.9 Å². The van der Waals surface area contributed by atoms with Gasteiger partial charge in [0, 0.05) is 12.0 Å². The van der Waals surface area contributed by atoms with E-state index in [0.29, 0.717) is 13.0 Å². The molecule has 4 rings (SSSR count). The van der Waals surface area contributed by atoms with E-state index in [2.05, 4.69) is 0 Å². The second-order valence-electron chi connectivity index (χ2n) is 6.62. The van der Waals surface area contributed by atoms with Gasteiger partial charge in [0.15, 0.2) is 6.29 Å². The molecule has 0 amide bonds. The van der Waals surface area contributed by atoms with Gasteiger partial charge in [0.25, 0.3) is 0 Å². The third-order valence-corrected chi connectivity index (χ3v) is 5.38. The molecule has 20 heavy (non-hydrogen) atoms. The molecule has 1 atom stereocenters. The second-order valence-corrected chi connectivity index (χ2v) is 6.62. The maximum absolute atomic E-state index is 14.4. The minimum Gasteiger partial charge on any atom is -0.353 e. The fourth-order valence-corrected chi connectivity index (χ4v) is 3.75. The highest BCUT2D eigenvalue weighted by molar-refractivity contribution is 5.18. The van der Waals surface area contributed by atoms with E-state index in [4.69, 9.17) is 9.47 Å². The first-order chi connectivity index (χ1) is 9.24. The van der Waals surface area contributed by atoms with Crippen molar-refractivity contribution in [1.29, 1.82) is 0 Å². The summed E-state index contributed by atoms with van der Waals surface area (Å²) in [5.41, 5.74) is -3.68. The molecule has 0 aromatic rings. The zero-order chi connectivity index (χ0) is 14.6. The van der Waals surface area contributed by atoms with E-state index >= 15 is 0 Å². The summed E-state index contributed by atoms with van der Waals surface area (Å²) in [6.45, 7) is 1.71. The molecule has 1 unspecified atom stereocenters. The Kier molecular flexibility index (Phi) is 3.15. The Morgan fingerprint density at radius 2 is 1.60 bits per heavy atom. The van der Waals surface area contributed by atoms with Gasteiger partial charge in [-0.25, -0.2) is 0 Å². The van der Waals surface area contributed by atoms with Gasteiger partial charge in [-0.05, 0) is 44.9 Å². The van der Waals surface area contributed by atoms with Crippen LogP contribution >= 0.6 is 0 Å². The Labute approximate surface area is 115 Å². The minimum atomic E-state index is -4.13. The summed E-state index contributed by atoms with van der Waals surface area (Å²) in [4.78, 5) is 0. The average Bonchev–Trinajstić information content (AvgIpc) is 2.41. The van der Waals surface area contributed by atoms with Crippen LogP contribution in [0.2, 0.25) is 0 Å². The summed E-state index contributed by atoms with van der Waals surface area (Å²) >= 11 is 0. The van der Waals surface area contributed by atoms with Gasteiger partial charge in [0.1, 0.15) is 5.60 Å². The second kappa shape index (κ2) is 4.32. The normalized spacial score (nSPS) is 46.4. The molecule has 1 saturated heterocycles. The van der Waals surface area contributed by atoms with Crippen LogP contribution in [0.15, 0.2) is 0 Å². The van der Waals surface area contributed by atoms with Crippen molar-refractivity contribution in [3.05, 3.63) is 0 Å². The quantitative estimate of drug-likeness (QED) is 0.713. The number of ether oxygens (including phenoxy) is 2. The van der Waals surface area contributed by atoms with Crippen molar-refractivity contribution in [2.75, 3.05) is 6.61 Å². The summed E-state index contributed by atoms with van der Waals surface area (Å²) in [6.07, 6.45) is 1.51. The fraction of sp³-hybridized carbons (Fsp3) is 1.00. The fourth-order valence-electron chi connectivity index (χ4n) is 3.75. The lowest BCUT2D eigenvalue weighted by atomic mass is 9.55. The van der Waals surface area contributed by atoms with E-state index in [1.165, 1.54) is 6.92 Å². The van der Waals surface area contributed by atoms with Crippen molar-refractivity contribution < 1.29 is 27.0 Å². The van der Waals surface area contributed by atoms with E-state index in [-0.39, 0.29) is 25.7 Å². The lowest BCUT2D eigenvalue weighted by Crippen LogP contribution is -2.73. The Morgan fingerprint density at radius 1 is 0.950 bits per heavy atom. The van der Waals surface area contributed by atoms with Gasteiger partial charge in [0.2, 0.25) is 0 Å². The van der Waals surface area contributed by atoms with E-state index in [1.54, 1.807) is 0 Å². The largest absolute Gasteiger partial charge is 0.353 e. The first-order valence-corrected chi connectivity index (χ1v) is 7.29. The highest BCUT2D eigenvalue weighted by Gasteiger charge is 2.81. The number of rotatable bonds is 2. The Balaban J connectivity index is 1.88. The van der Waals surface area contributed by atoms with Crippen LogP contribution < -0.4 is 0 Å². The van der Waals surface area contributed by atoms with Crippen LogP contribution in [-0.2, 0) is 9.47 Å². The SMILES string of the molecule is CC12CCC(OC3CCCCO3)(CC1)C(F)(F)C2(F)F. The number of fused-ring (bicyclic) bond motifs is 3. The van der Waals surface area contributed by atoms with Crippen LogP contribution in [0.5, 0.6) is 0 Å². The van der Waals surface area contributed by atoms with Crippen molar-refractivity contribution in [2.24, 2.45) is 5.41 Å². The molecule has 4 fully saturated rings. The predicted octanol–water partition coefficient (Wildman–Crippen LogP) is 4.13. The minimum absolute atomic E-state index is 0.0219. The summed E-state index contributed by atoms with van der Waals surface area (Å²) in [5, 5.41) is 0. The standard InChI is InChI=1S/C14H20F4O2/c1-11-5-7-12(8-6-11,14(17,18)13(11,15)16)20-10-4-2-3-9-19-10/h10H,2-9H2,1H3. The molecule has 6 heteroatoms. The Hall–Kier alpha value is -0.360. The number of hydrogen-bond acceptors (Lipinski definition) is 2. The van der Waals surface area contributed by atoms with Crippen LogP contribution in [0.3, 0.4) is 0 Å². The van der Waals surface area contributed by atoms with Gasteiger partial charge in [-0.3, -0.25) is 0 Å². The van der Waals surface area contributed by atoms with Gasteiger partial charge in [-0.15, -0.1) is 0 Å². The van der Waals surface area contributed by atoms with Crippen LogP contribution in [0.4, 0.5) is 17.6 Å². The highest BCUT2D eigenvalue weighted by Crippen LogP contribution is 2.67. The Morgan fingerprint density at radius 3 is 2.15 bits per heavy atom. The predicted molar refractivity (Wildman–Crippen MR) is 63.9 cm³/mol. The molecule has 0 spiro atoms. The topological polar surface area (TPSA) is 18.5 Å². The monoisotopic (exact) mass is 296 g/mol. The first-order valence-electron chi connectivity index (χ1n) is 7.29. The molecule has 4 aliphatic rings. The summed E-state index contributed by atoms with van der Waals surface area (Å²) in [6, 6.07) is 0. The summed E-state index contributed by atoms with van der Waals surface area (Å²) in [7, 11) is 0. The van der Waals surface area contributed by atoms with Crippen molar-refractivity contribution in [3.8, 4) is 0 Å². The van der Waals surface area contributed by atoms with Crippen molar-refractivity contribution in [2.45, 2.75) is 75.6 Å². The molecule has 3 saturated carbocycles. The molecule has 116 valence electrons. The zero-order valence-electron chi connectivity index (χ0n) is 11.6. The molecule has 0 aromatic carbocycles. The van der Waals surface area contributed by atoms with Crippen molar-refractivity contribution >= 4 is 0 Å². The van der Waals surface area contributed by atoms with Crippen molar-refractivity contribution in [3.63, 3.8) is 0 Å². The van der Waals surface area contributed by atoms with Gasteiger partial charge in [0.05, 0.1) is 0 Å². The van der Waals surface area contributed by atoms with Gasteiger partial charge >= 0.3 is 11.8 Å². The van der Waals surface area contributed by atoms with E-state index in [1.807, 2.05) is 0 Å². The first kappa shape index (κ1) is 14.6. The molecule has 1 aliphatic heterocycles. The highest BCUT2D eigenvalue weighted by atomic mass is 19.3. The maximum atomic E-state index is 14.4. The van der Waals surface area contributed by atoms with Crippen molar-refractivity contribution in [1.82, 2.24) is 0 Å². The maximum Gasteiger partial charge on any atom is 0.339 e. The molecule has 3 aliphatic carbocycles. The van der Waals surface area contributed by atoms with E-state index in [9.17, 15) is 17.6 Å². The lowest BCUT2D eigenvalue weighted by molar-refractivity contribution is -0.408. The average molecular weight is 296 g/mol. The van der Waals surface area contributed by atoms with Gasteiger partial charge < -0.3 is 9.47 Å². The third-order valence-electron chi connectivity index (χ3n) is 5.38. The third kappa shape index (κ3) is 1.70. The molecule has 2 bridgehead atoms. The van der Waals surface area contributed by atoms with Gasteiger partial charge in [-0.2, -0.15) is 17.6 Å².